The van der Waals surface area contributed by atoms with E-state index in [0.29, 0.717) is 5.92 Å². The SMILES string of the molecule is O=C(NCC1CCCN(CC2CCOCC2)C1)C1CCCN1. The van der Waals surface area contributed by atoms with Gasteiger partial charge in [-0.05, 0) is 63.5 Å². The van der Waals surface area contributed by atoms with Gasteiger partial charge in [0.25, 0.3) is 0 Å². The van der Waals surface area contributed by atoms with E-state index in [1.807, 2.05) is 0 Å². The van der Waals surface area contributed by atoms with Crippen molar-refractivity contribution in [3.05, 3.63) is 0 Å². The van der Waals surface area contributed by atoms with E-state index in [2.05, 4.69) is 15.5 Å². The summed E-state index contributed by atoms with van der Waals surface area (Å²) in [6.07, 6.45) is 7.07. The highest BCUT2D eigenvalue weighted by Crippen LogP contribution is 2.21. The lowest BCUT2D eigenvalue weighted by Gasteiger charge is -2.36. The number of rotatable bonds is 5. The summed E-state index contributed by atoms with van der Waals surface area (Å²) in [4.78, 5) is 14.7. The molecule has 3 saturated heterocycles. The molecule has 22 heavy (non-hydrogen) atoms. The standard InChI is InChI=1S/C17H31N3O2/c21-17(16-4-1-7-18-16)19-11-15-3-2-8-20(13-15)12-14-5-9-22-10-6-14/h14-16,18H,1-13H2,(H,19,21). The third-order valence-electron chi connectivity index (χ3n) is 5.40. The van der Waals surface area contributed by atoms with Crippen molar-refractivity contribution in [3.63, 3.8) is 0 Å². The third kappa shape index (κ3) is 4.67. The molecule has 3 aliphatic heterocycles. The molecule has 2 atom stereocenters. The molecule has 5 heteroatoms. The zero-order valence-corrected chi connectivity index (χ0v) is 13.7. The lowest BCUT2D eigenvalue weighted by molar-refractivity contribution is -0.123. The van der Waals surface area contributed by atoms with Gasteiger partial charge in [-0.25, -0.2) is 0 Å². The Morgan fingerprint density at radius 2 is 2.00 bits per heavy atom. The first-order chi connectivity index (χ1) is 10.8. The molecule has 3 rings (SSSR count). The van der Waals surface area contributed by atoms with Crippen LogP contribution in [0.1, 0.15) is 38.5 Å². The van der Waals surface area contributed by atoms with Crippen molar-refractivity contribution in [3.8, 4) is 0 Å². The molecule has 2 N–H and O–H groups in total. The maximum atomic E-state index is 12.1. The number of ether oxygens (including phenoxy) is 1. The van der Waals surface area contributed by atoms with Crippen molar-refractivity contribution >= 4 is 5.91 Å². The maximum absolute atomic E-state index is 12.1. The van der Waals surface area contributed by atoms with Crippen molar-refractivity contribution in [2.75, 3.05) is 45.9 Å². The molecular formula is C17H31N3O2. The Morgan fingerprint density at radius 3 is 2.77 bits per heavy atom. The van der Waals surface area contributed by atoms with E-state index >= 15 is 0 Å². The molecule has 0 aromatic heterocycles. The number of nitrogens with one attached hydrogen (secondary N) is 2. The van der Waals surface area contributed by atoms with Crippen molar-refractivity contribution in [2.45, 2.75) is 44.6 Å². The first kappa shape index (κ1) is 16.2. The van der Waals surface area contributed by atoms with E-state index in [9.17, 15) is 4.79 Å². The second-order valence-electron chi connectivity index (χ2n) is 7.22. The number of hydrogen-bond acceptors (Lipinski definition) is 4. The van der Waals surface area contributed by atoms with Crippen LogP contribution < -0.4 is 10.6 Å². The van der Waals surface area contributed by atoms with Crippen molar-refractivity contribution in [1.29, 1.82) is 0 Å². The number of likely N-dealkylation sites (tertiary alicyclic amines) is 1. The van der Waals surface area contributed by atoms with E-state index in [-0.39, 0.29) is 11.9 Å². The predicted molar refractivity (Wildman–Crippen MR) is 86.7 cm³/mol. The summed E-state index contributed by atoms with van der Waals surface area (Å²) >= 11 is 0. The molecule has 0 bridgehead atoms. The summed E-state index contributed by atoms with van der Waals surface area (Å²) in [5.41, 5.74) is 0. The first-order valence-electron chi connectivity index (χ1n) is 9.12. The molecule has 0 aliphatic carbocycles. The number of piperidine rings is 1. The van der Waals surface area contributed by atoms with Crippen LogP contribution in [0.3, 0.4) is 0 Å². The molecule has 0 aromatic carbocycles. The maximum Gasteiger partial charge on any atom is 0.237 e. The third-order valence-corrected chi connectivity index (χ3v) is 5.40. The van der Waals surface area contributed by atoms with E-state index in [1.54, 1.807) is 0 Å². The second kappa shape index (κ2) is 8.27. The van der Waals surface area contributed by atoms with Gasteiger partial charge >= 0.3 is 0 Å². The molecule has 0 aromatic rings. The van der Waals surface area contributed by atoms with Crippen molar-refractivity contribution < 1.29 is 9.53 Å². The molecular weight excluding hydrogens is 278 g/mol. The number of hydrogen-bond donors (Lipinski definition) is 2. The van der Waals surface area contributed by atoms with Gasteiger partial charge in [0.15, 0.2) is 0 Å². The van der Waals surface area contributed by atoms with Crippen molar-refractivity contribution in [2.24, 2.45) is 11.8 Å². The van der Waals surface area contributed by atoms with Gasteiger partial charge in [-0.3, -0.25) is 4.79 Å². The summed E-state index contributed by atoms with van der Waals surface area (Å²) in [5, 5.41) is 6.44. The molecule has 0 radical (unpaired) electrons. The molecule has 0 saturated carbocycles. The fourth-order valence-electron chi connectivity index (χ4n) is 4.05. The zero-order valence-electron chi connectivity index (χ0n) is 13.7. The fourth-order valence-corrected chi connectivity index (χ4v) is 4.05. The molecule has 126 valence electrons. The molecule has 2 unspecified atom stereocenters. The van der Waals surface area contributed by atoms with Crippen molar-refractivity contribution in [1.82, 2.24) is 15.5 Å². The smallest absolute Gasteiger partial charge is 0.237 e. The van der Waals surface area contributed by atoms with Crippen LogP contribution in [0.5, 0.6) is 0 Å². The van der Waals surface area contributed by atoms with E-state index in [0.717, 1.165) is 51.6 Å². The van der Waals surface area contributed by atoms with Crippen LogP contribution in [0.15, 0.2) is 0 Å². The Morgan fingerprint density at radius 1 is 1.14 bits per heavy atom. The Kier molecular flexibility index (Phi) is 6.10. The molecule has 5 nitrogen and oxygen atoms in total. The highest BCUT2D eigenvalue weighted by atomic mass is 16.5. The van der Waals surface area contributed by atoms with Gasteiger partial charge in [-0.1, -0.05) is 0 Å². The number of amides is 1. The lowest BCUT2D eigenvalue weighted by Crippen LogP contribution is -2.46. The van der Waals surface area contributed by atoms with E-state index in [1.165, 1.54) is 38.8 Å². The summed E-state index contributed by atoms with van der Waals surface area (Å²) in [6.45, 7) is 7.31. The van der Waals surface area contributed by atoms with Crippen LogP contribution in [0.25, 0.3) is 0 Å². The molecule has 3 fully saturated rings. The zero-order chi connectivity index (χ0) is 15.2. The van der Waals surface area contributed by atoms with Crippen LogP contribution in [0.2, 0.25) is 0 Å². The summed E-state index contributed by atoms with van der Waals surface area (Å²) in [7, 11) is 0. The fraction of sp³-hybridized carbons (Fsp3) is 0.941. The average Bonchev–Trinajstić information content (AvgIpc) is 3.08. The van der Waals surface area contributed by atoms with E-state index in [4.69, 9.17) is 4.74 Å². The van der Waals surface area contributed by atoms with Gasteiger partial charge in [-0.2, -0.15) is 0 Å². The predicted octanol–water partition coefficient (Wildman–Crippen LogP) is 0.993. The minimum atomic E-state index is 0.0573. The van der Waals surface area contributed by atoms with Crippen LogP contribution in [0.4, 0.5) is 0 Å². The number of nitrogens with zero attached hydrogens (tertiary/aromatic N) is 1. The Bertz CT molecular complexity index is 352. The Hall–Kier alpha value is -0.650. The first-order valence-corrected chi connectivity index (χ1v) is 9.12. The monoisotopic (exact) mass is 309 g/mol. The molecule has 3 heterocycles. The number of carbonyl (C=O) groups excluding carboxylic acids is 1. The summed E-state index contributed by atoms with van der Waals surface area (Å²) in [6, 6.07) is 0.0573. The Balaban J connectivity index is 1.37. The van der Waals surface area contributed by atoms with Crippen LogP contribution in [-0.4, -0.2) is 62.8 Å². The highest BCUT2D eigenvalue weighted by molar-refractivity contribution is 5.81. The van der Waals surface area contributed by atoms with E-state index < -0.39 is 0 Å². The van der Waals surface area contributed by atoms with Gasteiger partial charge in [0.05, 0.1) is 6.04 Å². The van der Waals surface area contributed by atoms with Gasteiger partial charge in [0.1, 0.15) is 0 Å². The molecule has 3 aliphatic rings. The topological polar surface area (TPSA) is 53.6 Å². The Labute approximate surface area is 134 Å². The largest absolute Gasteiger partial charge is 0.381 e. The van der Waals surface area contributed by atoms with Gasteiger partial charge in [-0.15, -0.1) is 0 Å². The van der Waals surface area contributed by atoms with Gasteiger partial charge in [0.2, 0.25) is 5.91 Å². The van der Waals surface area contributed by atoms with Crippen LogP contribution in [-0.2, 0) is 9.53 Å². The lowest BCUT2D eigenvalue weighted by atomic mass is 9.94. The molecule has 0 spiro atoms. The van der Waals surface area contributed by atoms with Crippen LogP contribution in [0, 0.1) is 11.8 Å². The average molecular weight is 309 g/mol. The summed E-state index contributed by atoms with van der Waals surface area (Å²) < 4.78 is 5.45. The highest BCUT2D eigenvalue weighted by Gasteiger charge is 2.26. The normalized spacial score (nSPS) is 31.3. The number of carbonyl (C=O) groups is 1. The minimum Gasteiger partial charge on any atom is -0.381 e. The summed E-state index contributed by atoms with van der Waals surface area (Å²) in [5.74, 6) is 1.64. The van der Waals surface area contributed by atoms with Crippen LogP contribution >= 0.6 is 0 Å². The van der Waals surface area contributed by atoms with Gasteiger partial charge < -0.3 is 20.3 Å². The van der Waals surface area contributed by atoms with Gasteiger partial charge in [0, 0.05) is 32.8 Å². The second-order valence-corrected chi connectivity index (χ2v) is 7.22. The molecule has 1 amide bonds. The minimum absolute atomic E-state index is 0.0573. The quantitative estimate of drug-likeness (QED) is 0.795.